The summed E-state index contributed by atoms with van der Waals surface area (Å²) in [5.41, 5.74) is -0.344. The van der Waals surface area contributed by atoms with Crippen LogP contribution in [0.5, 0.6) is 0 Å². The van der Waals surface area contributed by atoms with E-state index in [2.05, 4.69) is 0 Å². The van der Waals surface area contributed by atoms with Gasteiger partial charge in [0.1, 0.15) is 0 Å². The molecule has 0 saturated heterocycles. The number of nitrogens with zero attached hydrogens (tertiary/aromatic N) is 1. The first-order valence-electron chi connectivity index (χ1n) is 5.42. The normalized spacial score (nSPS) is 11.6. The van der Waals surface area contributed by atoms with Crippen molar-refractivity contribution in [1.29, 1.82) is 0 Å². The summed E-state index contributed by atoms with van der Waals surface area (Å²) in [6, 6.07) is 4.00. The van der Waals surface area contributed by atoms with E-state index in [1.807, 2.05) is 6.92 Å². The van der Waals surface area contributed by atoms with Crippen molar-refractivity contribution < 1.29 is 18.3 Å². The van der Waals surface area contributed by atoms with Gasteiger partial charge in [-0.05, 0) is 24.1 Å². The third-order valence-electron chi connectivity index (χ3n) is 2.57. The summed E-state index contributed by atoms with van der Waals surface area (Å²) in [5.74, 6) is 0. The molecule has 1 N–H and O–H groups in total. The van der Waals surface area contributed by atoms with Crippen molar-refractivity contribution in [3.05, 3.63) is 29.3 Å². The number of halogens is 3. The van der Waals surface area contributed by atoms with Gasteiger partial charge in [0.25, 0.3) is 0 Å². The highest BCUT2D eigenvalue weighted by Gasteiger charge is 2.33. The zero-order chi connectivity index (χ0) is 13.1. The average molecular weight is 247 g/mol. The fourth-order valence-electron chi connectivity index (χ4n) is 1.67. The molecule has 96 valence electrons. The van der Waals surface area contributed by atoms with Crippen LogP contribution in [0.25, 0.3) is 0 Å². The lowest BCUT2D eigenvalue weighted by Gasteiger charge is -2.21. The standard InChI is InChI=1S/C12H16F3NO/c1-3-6-16(2)10-5-4-9(8-17)11(7-10)12(13,14)15/h4-5,7,17H,3,6,8H2,1-2H3. The predicted molar refractivity (Wildman–Crippen MR) is 60.9 cm³/mol. The summed E-state index contributed by atoms with van der Waals surface area (Å²) >= 11 is 0. The van der Waals surface area contributed by atoms with Crippen molar-refractivity contribution >= 4 is 5.69 Å². The van der Waals surface area contributed by atoms with Gasteiger partial charge in [-0.3, -0.25) is 0 Å². The minimum absolute atomic E-state index is 0.0915. The van der Waals surface area contributed by atoms with Crippen LogP contribution in [0.4, 0.5) is 18.9 Å². The van der Waals surface area contributed by atoms with E-state index < -0.39 is 18.3 Å². The van der Waals surface area contributed by atoms with Gasteiger partial charge in [0, 0.05) is 19.3 Å². The monoisotopic (exact) mass is 247 g/mol. The van der Waals surface area contributed by atoms with E-state index in [9.17, 15) is 13.2 Å². The number of hydrogen-bond donors (Lipinski definition) is 1. The quantitative estimate of drug-likeness (QED) is 0.884. The van der Waals surface area contributed by atoms with E-state index in [0.29, 0.717) is 12.2 Å². The lowest BCUT2D eigenvalue weighted by atomic mass is 10.1. The molecule has 0 aliphatic rings. The topological polar surface area (TPSA) is 23.5 Å². The minimum atomic E-state index is -4.43. The van der Waals surface area contributed by atoms with Gasteiger partial charge in [0.2, 0.25) is 0 Å². The molecule has 0 spiro atoms. The highest BCUT2D eigenvalue weighted by atomic mass is 19.4. The molecule has 0 radical (unpaired) electrons. The van der Waals surface area contributed by atoms with Gasteiger partial charge in [0.05, 0.1) is 12.2 Å². The Morgan fingerprint density at radius 2 is 1.94 bits per heavy atom. The Labute approximate surface area is 98.7 Å². The molecule has 0 amide bonds. The Morgan fingerprint density at radius 3 is 2.41 bits per heavy atom. The number of rotatable bonds is 4. The van der Waals surface area contributed by atoms with Gasteiger partial charge >= 0.3 is 6.18 Å². The molecule has 0 bridgehead atoms. The summed E-state index contributed by atoms with van der Waals surface area (Å²) in [4.78, 5) is 1.76. The fourth-order valence-corrected chi connectivity index (χ4v) is 1.67. The molecule has 2 nitrogen and oxygen atoms in total. The van der Waals surface area contributed by atoms with Crippen LogP contribution in [0.15, 0.2) is 18.2 Å². The predicted octanol–water partition coefficient (Wildman–Crippen LogP) is 3.04. The van der Waals surface area contributed by atoms with Crippen molar-refractivity contribution in [2.24, 2.45) is 0 Å². The van der Waals surface area contributed by atoms with Crippen molar-refractivity contribution in [2.45, 2.75) is 26.1 Å². The van der Waals surface area contributed by atoms with Crippen LogP contribution in [0, 0.1) is 0 Å². The molecule has 0 aromatic heterocycles. The zero-order valence-corrected chi connectivity index (χ0v) is 9.88. The van der Waals surface area contributed by atoms with Crippen LogP contribution >= 0.6 is 0 Å². The van der Waals surface area contributed by atoms with Crippen LogP contribution in [-0.4, -0.2) is 18.7 Å². The van der Waals surface area contributed by atoms with Crippen molar-refractivity contribution in [3.63, 3.8) is 0 Å². The lowest BCUT2D eigenvalue weighted by molar-refractivity contribution is -0.138. The second kappa shape index (κ2) is 5.40. The number of aliphatic hydroxyl groups is 1. The Balaban J connectivity index is 3.13. The third-order valence-corrected chi connectivity index (χ3v) is 2.57. The molecule has 0 heterocycles. The summed E-state index contributed by atoms with van der Waals surface area (Å²) in [6.45, 7) is 2.05. The Morgan fingerprint density at radius 1 is 1.29 bits per heavy atom. The largest absolute Gasteiger partial charge is 0.416 e. The first kappa shape index (κ1) is 13.8. The second-order valence-electron chi connectivity index (χ2n) is 3.92. The Hall–Kier alpha value is -1.23. The van der Waals surface area contributed by atoms with Crippen LogP contribution in [0.1, 0.15) is 24.5 Å². The molecule has 17 heavy (non-hydrogen) atoms. The second-order valence-corrected chi connectivity index (χ2v) is 3.92. The zero-order valence-electron chi connectivity index (χ0n) is 9.88. The van der Waals surface area contributed by atoms with Crippen LogP contribution in [-0.2, 0) is 12.8 Å². The SMILES string of the molecule is CCCN(C)c1ccc(CO)c(C(F)(F)F)c1. The van der Waals surface area contributed by atoms with Gasteiger partial charge < -0.3 is 10.0 Å². The van der Waals surface area contributed by atoms with Crippen molar-refractivity contribution in [2.75, 3.05) is 18.5 Å². The smallest absolute Gasteiger partial charge is 0.392 e. The molecule has 0 unspecified atom stereocenters. The molecule has 0 saturated carbocycles. The first-order chi connectivity index (χ1) is 7.90. The number of benzene rings is 1. The molecular formula is C12H16F3NO. The molecule has 1 rings (SSSR count). The van der Waals surface area contributed by atoms with Crippen LogP contribution in [0.3, 0.4) is 0 Å². The van der Waals surface area contributed by atoms with E-state index in [1.54, 1.807) is 18.0 Å². The summed E-state index contributed by atoms with van der Waals surface area (Å²) in [7, 11) is 1.75. The maximum absolute atomic E-state index is 12.7. The van der Waals surface area contributed by atoms with Gasteiger partial charge in [-0.25, -0.2) is 0 Å². The van der Waals surface area contributed by atoms with E-state index in [0.717, 1.165) is 12.5 Å². The molecule has 0 fully saturated rings. The Bertz CT molecular complexity index is 377. The van der Waals surface area contributed by atoms with E-state index in [1.165, 1.54) is 6.07 Å². The maximum atomic E-state index is 12.7. The minimum Gasteiger partial charge on any atom is -0.392 e. The van der Waals surface area contributed by atoms with Crippen molar-refractivity contribution in [1.82, 2.24) is 0 Å². The summed E-state index contributed by atoms with van der Waals surface area (Å²) < 4.78 is 38.2. The number of aliphatic hydroxyl groups excluding tert-OH is 1. The highest BCUT2D eigenvalue weighted by molar-refractivity contribution is 5.51. The molecule has 0 atom stereocenters. The average Bonchev–Trinajstić information content (AvgIpc) is 2.27. The van der Waals surface area contributed by atoms with Crippen molar-refractivity contribution in [3.8, 4) is 0 Å². The summed E-state index contributed by atoms with van der Waals surface area (Å²) in [5, 5.41) is 8.90. The first-order valence-corrected chi connectivity index (χ1v) is 5.42. The van der Waals surface area contributed by atoms with E-state index >= 15 is 0 Å². The molecule has 5 heteroatoms. The van der Waals surface area contributed by atoms with Crippen LogP contribution in [0.2, 0.25) is 0 Å². The van der Waals surface area contributed by atoms with Gasteiger partial charge in [-0.15, -0.1) is 0 Å². The highest BCUT2D eigenvalue weighted by Crippen LogP contribution is 2.34. The van der Waals surface area contributed by atoms with Gasteiger partial charge in [0.15, 0.2) is 0 Å². The molecule has 1 aromatic rings. The van der Waals surface area contributed by atoms with Crippen LogP contribution < -0.4 is 4.90 Å². The fraction of sp³-hybridized carbons (Fsp3) is 0.500. The molecule has 0 aliphatic heterocycles. The molecule has 1 aromatic carbocycles. The van der Waals surface area contributed by atoms with Gasteiger partial charge in [-0.1, -0.05) is 13.0 Å². The Kier molecular flexibility index (Phi) is 4.40. The third kappa shape index (κ3) is 3.36. The lowest BCUT2D eigenvalue weighted by Crippen LogP contribution is -2.19. The van der Waals surface area contributed by atoms with E-state index in [4.69, 9.17) is 5.11 Å². The molecule has 0 aliphatic carbocycles. The number of hydrogen-bond acceptors (Lipinski definition) is 2. The number of alkyl halides is 3. The maximum Gasteiger partial charge on any atom is 0.416 e. The van der Waals surface area contributed by atoms with E-state index in [-0.39, 0.29) is 5.56 Å². The van der Waals surface area contributed by atoms with Gasteiger partial charge in [-0.2, -0.15) is 13.2 Å². The molecular weight excluding hydrogens is 231 g/mol. The number of anilines is 1. The summed E-state index contributed by atoms with van der Waals surface area (Å²) in [6.07, 6.45) is -3.57.